The van der Waals surface area contributed by atoms with Gasteiger partial charge in [-0.05, 0) is 25.3 Å². The van der Waals surface area contributed by atoms with E-state index < -0.39 is 61.9 Å². The van der Waals surface area contributed by atoms with Crippen LogP contribution in [-0.2, 0) is 23.4 Å². The summed E-state index contributed by atoms with van der Waals surface area (Å²) < 4.78 is 50.4. The molecule has 0 aliphatic carbocycles. The first-order valence-electron chi connectivity index (χ1n) is 11.8. The molecule has 1 unspecified atom stereocenters. The Morgan fingerprint density at radius 1 is 1.29 bits per heavy atom. The zero-order valence-electron chi connectivity index (χ0n) is 20.5. The van der Waals surface area contributed by atoms with Crippen LogP contribution in [0.25, 0.3) is 10.8 Å². The summed E-state index contributed by atoms with van der Waals surface area (Å²) in [6.07, 6.45) is -2.89. The van der Waals surface area contributed by atoms with Gasteiger partial charge < -0.3 is 19.1 Å². The highest BCUT2D eigenvalue weighted by molar-refractivity contribution is 7.52. The summed E-state index contributed by atoms with van der Waals surface area (Å²) in [5.41, 5.74) is -2.11. The number of aromatic nitrogens is 2. The lowest BCUT2D eigenvalue weighted by Crippen LogP contribution is -2.36. The predicted molar refractivity (Wildman–Crippen MR) is 133 cm³/mol. The summed E-state index contributed by atoms with van der Waals surface area (Å²) in [6, 6.07) is 11.3. The minimum atomic E-state index is -4.29. The van der Waals surface area contributed by atoms with E-state index in [4.69, 9.17) is 18.5 Å². The van der Waals surface area contributed by atoms with Crippen molar-refractivity contribution in [1.82, 2.24) is 14.6 Å². The number of nitrogens with one attached hydrogen (secondary N) is 2. The number of aliphatic hydroxyl groups excluding tert-OH is 1. The van der Waals surface area contributed by atoms with Crippen LogP contribution in [-0.4, -0.2) is 52.1 Å². The third-order valence-corrected chi connectivity index (χ3v) is 7.44. The fourth-order valence-corrected chi connectivity index (χ4v) is 5.46. The highest BCUT2D eigenvalue weighted by Gasteiger charge is 2.39. The number of carbonyl (C=O) groups excluding carboxylic acids is 1. The Labute approximate surface area is 215 Å². The third kappa shape index (κ3) is 6.20. The van der Waals surface area contributed by atoms with Gasteiger partial charge in [-0.15, -0.1) is 0 Å². The molecular formula is C24H27FN3O9P. The molecule has 1 aliphatic rings. The van der Waals surface area contributed by atoms with Crippen LogP contribution < -0.4 is 20.9 Å². The fraction of sp³-hybridized carbons (Fsp3) is 0.375. The largest absolute Gasteiger partial charge is 0.465 e. The van der Waals surface area contributed by atoms with Gasteiger partial charge in [0.25, 0.3) is 5.56 Å². The van der Waals surface area contributed by atoms with Crippen LogP contribution in [0.1, 0.15) is 26.5 Å². The van der Waals surface area contributed by atoms with Gasteiger partial charge >= 0.3 is 19.4 Å². The van der Waals surface area contributed by atoms with Crippen LogP contribution in [0, 0.1) is 5.82 Å². The molecule has 0 spiro atoms. The molecule has 1 aromatic heterocycles. The number of ether oxygens (including phenoxy) is 2. The van der Waals surface area contributed by atoms with Crippen molar-refractivity contribution in [1.29, 1.82) is 0 Å². The molecule has 0 amide bonds. The molecule has 204 valence electrons. The molecule has 0 bridgehead atoms. The fourth-order valence-electron chi connectivity index (χ4n) is 3.93. The highest BCUT2D eigenvalue weighted by Crippen LogP contribution is 2.47. The summed E-state index contributed by atoms with van der Waals surface area (Å²) >= 11 is 0. The van der Waals surface area contributed by atoms with Crippen LogP contribution in [0.3, 0.4) is 0 Å². The van der Waals surface area contributed by atoms with Crippen molar-refractivity contribution in [3.63, 3.8) is 0 Å². The second kappa shape index (κ2) is 11.6. The van der Waals surface area contributed by atoms with Gasteiger partial charge in [-0.3, -0.25) is 23.7 Å². The van der Waals surface area contributed by atoms with Crippen molar-refractivity contribution in [2.24, 2.45) is 0 Å². The molecule has 0 saturated carbocycles. The van der Waals surface area contributed by atoms with Crippen LogP contribution in [0.2, 0.25) is 0 Å². The maximum Gasteiger partial charge on any atom is 0.459 e. The average molecular weight is 551 g/mol. The van der Waals surface area contributed by atoms with Gasteiger partial charge in [0, 0.05) is 11.8 Å². The summed E-state index contributed by atoms with van der Waals surface area (Å²) in [4.78, 5) is 37.4. The Bertz CT molecular complexity index is 1470. The average Bonchev–Trinajstić information content (AvgIpc) is 3.25. The first-order valence-corrected chi connectivity index (χ1v) is 13.4. The second-order valence-electron chi connectivity index (χ2n) is 8.54. The first kappa shape index (κ1) is 27.7. The van der Waals surface area contributed by atoms with Gasteiger partial charge in [-0.1, -0.05) is 36.4 Å². The molecule has 14 heteroatoms. The molecule has 3 aromatic rings. The molecule has 4 rings (SSSR count). The molecule has 5 atom stereocenters. The van der Waals surface area contributed by atoms with Crippen LogP contribution in [0.15, 0.2) is 58.3 Å². The maximum absolute atomic E-state index is 13.9. The van der Waals surface area contributed by atoms with Crippen molar-refractivity contribution < 1.29 is 37.4 Å². The highest BCUT2D eigenvalue weighted by atomic mass is 31.2. The lowest BCUT2D eigenvalue weighted by atomic mass is 10.1. The molecule has 12 nitrogen and oxygen atoms in total. The van der Waals surface area contributed by atoms with E-state index >= 15 is 0 Å². The van der Waals surface area contributed by atoms with Gasteiger partial charge in [-0.2, -0.15) is 9.48 Å². The van der Waals surface area contributed by atoms with Gasteiger partial charge in [0.05, 0.1) is 25.5 Å². The minimum absolute atomic E-state index is 0.106. The van der Waals surface area contributed by atoms with E-state index in [1.807, 2.05) is 23.2 Å². The topological polar surface area (TPSA) is 158 Å². The molecule has 2 heterocycles. The van der Waals surface area contributed by atoms with E-state index in [1.54, 1.807) is 31.2 Å². The lowest BCUT2D eigenvalue weighted by molar-refractivity contribution is -0.144. The van der Waals surface area contributed by atoms with Crippen molar-refractivity contribution in [3.05, 3.63) is 75.3 Å². The number of nitrogens with zero attached hydrogens (tertiary/aromatic N) is 1. The number of benzene rings is 2. The van der Waals surface area contributed by atoms with E-state index in [2.05, 4.69) is 5.09 Å². The zero-order valence-corrected chi connectivity index (χ0v) is 21.4. The van der Waals surface area contributed by atoms with Gasteiger partial charge in [0.2, 0.25) is 5.82 Å². The molecule has 1 fully saturated rings. The quantitative estimate of drug-likeness (QED) is 0.252. The molecule has 1 saturated heterocycles. The summed E-state index contributed by atoms with van der Waals surface area (Å²) in [5, 5.41) is 14.5. The third-order valence-electron chi connectivity index (χ3n) is 5.81. The molecular weight excluding hydrogens is 524 g/mol. The number of hydrogen-bond donors (Lipinski definition) is 3. The Hall–Kier alpha value is -3.35. The Balaban J connectivity index is 1.55. The van der Waals surface area contributed by atoms with Crippen LogP contribution >= 0.6 is 7.75 Å². The molecule has 3 N–H and O–H groups in total. The van der Waals surface area contributed by atoms with E-state index in [-0.39, 0.29) is 18.8 Å². The van der Waals surface area contributed by atoms with E-state index in [0.717, 1.165) is 9.95 Å². The number of hydrogen-bond acceptors (Lipinski definition) is 9. The smallest absolute Gasteiger partial charge is 0.459 e. The number of carbonyl (C=O) groups is 1. The predicted octanol–water partition coefficient (Wildman–Crippen LogP) is 2.22. The van der Waals surface area contributed by atoms with E-state index in [1.165, 1.54) is 6.92 Å². The number of aliphatic hydroxyl groups is 1. The molecule has 38 heavy (non-hydrogen) atoms. The normalized spacial score (nSPS) is 21.6. The van der Waals surface area contributed by atoms with Crippen molar-refractivity contribution in [2.75, 3.05) is 13.2 Å². The SMILES string of the molecule is CCOC(=O)[C@H](C)NP(=O)(OC[C@H]1O[C@@H](n2cc(F)c(=O)[nH]c2=O)C[C@H]1O)Oc1cccc2ccccc12. The summed E-state index contributed by atoms with van der Waals surface area (Å²) in [7, 11) is -4.29. The number of H-pyrrole nitrogens is 1. The van der Waals surface area contributed by atoms with E-state index in [9.17, 15) is 28.4 Å². The number of halogens is 1. The van der Waals surface area contributed by atoms with Gasteiger partial charge in [0.1, 0.15) is 24.1 Å². The monoisotopic (exact) mass is 551 g/mol. The van der Waals surface area contributed by atoms with Crippen molar-refractivity contribution >= 4 is 24.5 Å². The van der Waals surface area contributed by atoms with Crippen molar-refractivity contribution in [3.8, 4) is 5.75 Å². The van der Waals surface area contributed by atoms with Gasteiger partial charge in [0.15, 0.2) is 0 Å². The van der Waals surface area contributed by atoms with E-state index in [0.29, 0.717) is 11.6 Å². The Morgan fingerprint density at radius 3 is 2.79 bits per heavy atom. The zero-order chi connectivity index (χ0) is 27.4. The number of fused-ring (bicyclic) bond motifs is 1. The Morgan fingerprint density at radius 2 is 2.03 bits per heavy atom. The molecule has 0 radical (unpaired) electrons. The molecule has 2 aromatic carbocycles. The molecule has 1 aliphatic heterocycles. The summed E-state index contributed by atoms with van der Waals surface area (Å²) in [6.45, 7) is 2.67. The second-order valence-corrected chi connectivity index (χ2v) is 10.2. The first-order chi connectivity index (χ1) is 18.1. The number of rotatable bonds is 10. The number of aromatic amines is 1. The standard InChI is InChI=1S/C24H27FN3O9P/c1-3-34-23(31)14(2)27-38(33,37-19-10-6-8-15-7-4-5-9-16(15)19)35-13-20-18(29)11-21(36-20)28-12-17(25)22(30)26-24(28)32/h4-10,12,14,18,20-21,29H,3,11,13H2,1-2H3,(H,27,33)(H,26,30,32)/t14-,18+,20+,21+,38?/m0/s1. The Kier molecular flexibility index (Phi) is 8.44. The lowest BCUT2D eigenvalue weighted by Gasteiger charge is -2.25. The minimum Gasteiger partial charge on any atom is -0.465 e. The van der Waals surface area contributed by atoms with Crippen LogP contribution in [0.4, 0.5) is 4.39 Å². The van der Waals surface area contributed by atoms with Crippen LogP contribution in [0.5, 0.6) is 5.75 Å². The summed E-state index contributed by atoms with van der Waals surface area (Å²) in [5.74, 6) is -1.67. The van der Waals surface area contributed by atoms with Crippen molar-refractivity contribution in [2.45, 2.75) is 44.7 Å². The van der Waals surface area contributed by atoms with Gasteiger partial charge in [-0.25, -0.2) is 9.36 Å². The number of esters is 1. The maximum atomic E-state index is 13.9.